The van der Waals surface area contributed by atoms with Crippen molar-refractivity contribution in [1.29, 1.82) is 10.5 Å². The third-order valence-corrected chi connectivity index (χ3v) is 6.31. The maximum Gasteiger partial charge on any atom is 0.261 e. The van der Waals surface area contributed by atoms with Crippen LogP contribution in [-0.4, -0.2) is 36.6 Å². The van der Waals surface area contributed by atoms with E-state index in [-0.39, 0.29) is 18.1 Å². The van der Waals surface area contributed by atoms with Gasteiger partial charge in [-0.3, -0.25) is 4.79 Å². The first-order valence-electron chi connectivity index (χ1n) is 11.3. The third kappa shape index (κ3) is 6.01. The van der Waals surface area contributed by atoms with Gasteiger partial charge >= 0.3 is 0 Å². The number of benzene rings is 1. The van der Waals surface area contributed by atoms with Crippen LogP contribution in [0.4, 0.5) is 0 Å². The zero-order valence-corrected chi connectivity index (χ0v) is 18.3. The van der Waals surface area contributed by atoms with Gasteiger partial charge in [-0.05, 0) is 49.5 Å². The van der Waals surface area contributed by atoms with Crippen molar-refractivity contribution in [2.75, 3.05) is 13.7 Å². The van der Waals surface area contributed by atoms with E-state index >= 15 is 0 Å². The molecule has 31 heavy (non-hydrogen) atoms. The number of carbonyl (C=O) groups excluding carboxylic acids is 1. The van der Waals surface area contributed by atoms with Gasteiger partial charge in [0.1, 0.15) is 17.7 Å². The highest BCUT2D eigenvalue weighted by molar-refractivity contribution is 5.78. The van der Waals surface area contributed by atoms with E-state index in [9.17, 15) is 4.79 Å². The topological polar surface area (TPSA) is 86.3 Å². The van der Waals surface area contributed by atoms with Crippen molar-refractivity contribution >= 4 is 12.0 Å². The molecule has 0 atom stereocenters. The fourth-order valence-corrected chi connectivity index (χ4v) is 4.79. The molecule has 6 nitrogen and oxygen atoms in total. The van der Waals surface area contributed by atoms with Crippen molar-refractivity contribution in [1.82, 2.24) is 4.90 Å². The van der Waals surface area contributed by atoms with Gasteiger partial charge in [0.2, 0.25) is 0 Å². The van der Waals surface area contributed by atoms with Gasteiger partial charge < -0.3 is 14.4 Å². The molecule has 0 bridgehead atoms. The zero-order chi connectivity index (χ0) is 22.1. The second-order valence-corrected chi connectivity index (χ2v) is 8.37. The van der Waals surface area contributed by atoms with Crippen molar-refractivity contribution in [2.45, 2.75) is 76.3 Å². The van der Waals surface area contributed by atoms with Gasteiger partial charge in [0.05, 0.1) is 7.11 Å². The minimum Gasteiger partial charge on any atom is -0.493 e. The van der Waals surface area contributed by atoms with Crippen LogP contribution in [0.2, 0.25) is 0 Å². The predicted octanol–water partition coefficient (Wildman–Crippen LogP) is 5.00. The second kappa shape index (κ2) is 11.4. The van der Waals surface area contributed by atoms with Crippen LogP contribution in [0.25, 0.3) is 6.08 Å². The van der Waals surface area contributed by atoms with E-state index in [0.29, 0.717) is 29.1 Å². The molecule has 164 valence electrons. The average molecular weight is 422 g/mol. The number of hydrogen-bond acceptors (Lipinski definition) is 5. The molecule has 3 rings (SSSR count). The summed E-state index contributed by atoms with van der Waals surface area (Å²) < 4.78 is 11.3. The Labute approximate surface area is 185 Å². The summed E-state index contributed by atoms with van der Waals surface area (Å²) in [5.41, 5.74) is 0.682. The van der Waals surface area contributed by atoms with Gasteiger partial charge in [-0.15, -0.1) is 0 Å². The largest absolute Gasteiger partial charge is 0.493 e. The van der Waals surface area contributed by atoms with E-state index in [4.69, 9.17) is 20.0 Å². The van der Waals surface area contributed by atoms with Gasteiger partial charge in [0.25, 0.3) is 5.91 Å². The Morgan fingerprint density at radius 1 is 1.00 bits per heavy atom. The van der Waals surface area contributed by atoms with Crippen molar-refractivity contribution in [3.05, 3.63) is 29.3 Å². The molecule has 0 N–H and O–H groups in total. The summed E-state index contributed by atoms with van der Waals surface area (Å²) in [6.45, 7) is -0.0137. The number of rotatable bonds is 7. The van der Waals surface area contributed by atoms with Crippen LogP contribution in [0.1, 0.15) is 69.8 Å². The van der Waals surface area contributed by atoms with Crippen LogP contribution in [0.3, 0.4) is 0 Å². The monoisotopic (exact) mass is 421 g/mol. The molecule has 2 aliphatic carbocycles. The van der Waals surface area contributed by atoms with Gasteiger partial charge in [0, 0.05) is 12.1 Å². The van der Waals surface area contributed by atoms with E-state index in [1.54, 1.807) is 18.2 Å². The Balaban J connectivity index is 1.71. The van der Waals surface area contributed by atoms with E-state index in [1.165, 1.54) is 51.7 Å². The number of ether oxygens (including phenoxy) is 2. The first-order chi connectivity index (χ1) is 15.2. The average Bonchev–Trinajstić information content (AvgIpc) is 2.83. The molecule has 1 amide bonds. The third-order valence-electron chi connectivity index (χ3n) is 6.31. The molecule has 0 unspecified atom stereocenters. The molecule has 0 radical (unpaired) electrons. The molecule has 0 heterocycles. The first-order valence-corrected chi connectivity index (χ1v) is 11.3. The van der Waals surface area contributed by atoms with E-state index in [1.807, 2.05) is 12.1 Å². The van der Waals surface area contributed by atoms with Gasteiger partial charge in [-0.2, -0.15) is 10.5 Å². The highest BCUT2D eigenvalue weighted by Gasteiger charge is 2.32. The molecule has 1 aromatic rings. The summed E-state index contributed by atoms with van der Waals surface area (Å²) in [4.78, 5) is 15.4. The summed E-state index contributed by atoms with van der Waals surface area (Å²) in [6, 6.07) is 9.52. The molecule has 2 saturated carbocycles. The van der Waals surface area contributed by atoms with Gasteiger partial charge in [0.15, 0.2) is 18.1 Å². The molecular weight excluding hydrogens is 390 g/mol. The Morgan fingerprint density at radius 2 is 1.58 bits per heavy atom. The summed E-state index contributed by atoms with van der Waals surface area (Å²) in [7, 11) is 1.53. The summed E-state index contributed by atoms with van der Waals surface area (Å²) in [5.74, 6) is 1.01. The SMILES string of the molecule is COc1cc(C=C(C#N)C#N)ccc1OCC(=O)N(C1CCCCC1)C1CCCCC1. The van der Waals surface area contributed by atoms with Crippen LogP contribution in [0.15, 0.2) is 23.8 Å². The maximum absolute atomic E-state index is 13.3. The van der Waals surface area contributed by atoms with Gasteiger partial charge in [-0.25, -0.2) is 0 Å². The summed E-state index contributed by atoms with van der Waals surface area (Å²) in [6.07, 6.45) is 13.1. The Kier molecular flexibility index (Phi) is 8.35. The quantitative estimate of drug-likeness (QED) is 0.578. The van der Waals surface area contributed by atoms with E-state index < -0.39 is 0 Å². The lowest BCUT2D eigenvalue weighted by Gasteiger charge is -2.41. The minimum atomic E-state index is -0.0137. The summed E-state index contributed by atoms with van der Waals surface area (Å²) in [5, 5.41) is 17.9. The van der Waals surface area contributed by atoms with E-state index in [0.717, 1.165) is 25.7 Å². The normalized spacial score (nSPS) is 17.1. The highest BCUT2D eigenvalue weighted by atomic mass is 16.5. The van der Waals surface area contributed by atoms with Crippen LogP contribution >= 0.6 is 0 Å². The maximum atomic E-state index is 13.3. The number of amides is 1. The molecule has 0 spiro atoms. The minimum absolute atomic E-state index is 0.0137. The van der Waals surface area contributed by atoms with Crippen LogP contribution in [0.5, 0.6) is 11.5 Å². The molecular formula is C25H31N3O3. The fraction of sp³-hybridized carbons (Fsp3) is 0.560. The number of hydrogen-bond donors (Lipinski definition) is 0. The molecule has 0 aromatic heterocycles. The molecule has 2 aliphatic rings. The molecule has 0 saturated heterocycles. The number of carbonyl (C=O) groups is 1. The number of nitriles is 2. The van der Waals surface area contributed by atoms with E-state index in [2.05, 4.69) is 4.90 Å². The lowest BCUT2D eigenvalue weighted by atomic mass is 9.88. The van der Waals surface area contributed by atoms with Crippen LogP contribution < -0.4 is 9.47 Å². The smallest absolute Gasteiger partial charge is 0.261 e. The predicted molar refractivity (Wildman–Crippen MR) is 118 cm³/mol. The Hall–Kier alpha value is -2.99. The van der Waals surface area contributed by atoms with Crippen molar-refractivity contribution in [2.24, 2.45) is 0 Å². The van der Waals surface area contributed by atoms with Crippen molar-refractivity contribution < 1.29 is 14.3 Å². The van der Waals surface area contributed by atoms with Crippen molar-refractivity contribution in [3.63, 3.8) is 0 Å². The summed E-state index contributed by atoms with van der Waals surface area (Å²) >= 11 is 0. The Morgan fingerprint density at radius 3 is 2.10 bits per heavy atom. The second-order valence-electron chi connectivity index (χ2n) is 8.37. The molecule has 2 fully saturated rings. The highest BCUT2D eigenvalue weighted by Crippen LogP contribution is 2.32. The van der Waals surface area contributed by atoms with Crippen LogP contribution in [0, 0.1) is 22.7 Å². The number of methoxy groups -OCH3 is 1. The van der Waals surface area contributed by atoms with Crippen molar-refractivity contribution in [3.8, 4) is 23.6 Å². The zero-order valence-electron chi connectivity index (χ0n) is 18.3. The van der Waals surface area contributed by atoms with Gasteiger partial charge in [-0.1, -0.05) is 44.6 Å². The molecule has 6 heteroatoms. The molecule has 1 aromatic carbocycles. The standard InChI is InChI=1S/C25H31N3O3/c1-30-24-15-19(14-20(16-26)17-27)12-13-23(24)31-18-25(29)28(21-8-4-2-5-9-21)22-10-6-3-7-11-22/h12-15,21-22H,2-11,18H2,1H3. The molecule has 0 aliphatic heterocycles. The lowest BCUT2D eigenvalue weighted by Crippen LogP contribution is -2.50. The Bertz CT molecular complexity index is 835. The first kappa shape index (κ1) is 22.7. The van der Waals surface area contributed by atoms with Crippen LogP contribution in [-0.2, 0) is 4.79 Å². The number of nitrogens with zero attached hydrogens (tertiary/aromatic N) is 3. The fourth-order valence-electron chi connectivity index (χ4n) is 4.79. The number of allylic oxidation sites excluding steroid dienone is 1. The lowest BCUT2D eigenvalue weighted by molar-refractivity contribution is -0.140.